The number of hydrogen-bond acceptors (Lipinski definition) is 3. The van der Waals surface area contributed by atoms with Gasteiger partial charge >= 0.3 is 0 Å². The number of ether oxygens (including phenoxy) is 1. The summed E-state index contributed by atoms with van der Waals surface area (Å²) in [6.45, 7) is 7.42. The van der Waals surface area contributed by atoms with E-state index in [1.54, 1.807) is 11.1 Å². The molecule has 2 aromatic carbocycles. The molecule has 4 fully saturated rings. The van der Waals surface area contributed by atoms with Crippen molar-refractivity contribution >= 4 is 0 Å². The van der Waals surface area contributed by atoms with E-state index < -0.39 is 0 Å². The van der Waals surface area contributed by atoms with Crippen molar-refractivity contribution in [3.8, 4) is 5.75 Å². The molecular weight excluding hydrogens is 440 g/mol. The molecular formula is C33H44N2O. The lowest BCUT2D eigenvalue weighted by Gasteiger charge is -2.52. The smallest absolute Gasteiger partial charge is 0.122 e. The Balaban J connectivity index is 1.30. The molecule has 5 atom stereocenters. The summed E-state index contributed by atoms with van der Waals surface area (Å²) in [5.41, 5.74) is 6.66. The molecule has 0 amide bonds. The lowest BCUT2D eigenvalue weighted by atomic mass is 9.64. The summed E-state index contributed by atoms with van der Waals surface area (Å²) in [5, 5.41) is 0. The van der Waals surface area contributed by atoms with E-state index in [2.05, 4.69) is 59.2 Å². The van der Waals surface area contributed by atoms with Gasteiger partial charge in [-0.2, -0.15) is 0 Å². The third kappa shape index (κ3) is 4.02. The summed E-state index contributed by atoms with van der Waals surface area (Å²) in [6, 6.07) is 17.4. The predicted molar refractivity (Wildman–Crippen MR) is 146 cm³/mol. The number of methoxy groups -OCH3 is 1. The van der Waals surface area contributed by atoms with E-state index in [0.717, 1.165) is 36.1 Å². The molecule has 192 valence electrons. The molecule has 1 spiro atoms. The minimum absolute atomic E-state index is 0.513. The predicted octanol–water partition coefficient (Wildman–Crippen LogP) is 6.26. The summed E-state index contributed by atoms with van der Waals surface area (Å²) in [6.07, 6.45) is 12.6. The van der Waals surface area contributed by atoms with Crippen molar-refractivity contribution in [2.24, 2.45) is 23.2 Å². The molecule has 2 saturated carbocycles. The lowest BCUT2D eigenvalue weighted by molar-refractivity contribution is -0.0170. The summed E-state index contributed by atoms with van der Waals surface area (Å²) >= 11 is 0. The second-order valence-corrected chi connectivity index (χ2v) is 13.0. The Kier molecular flexibility index (Phi) is 5.93. The Morgan fingerprint density at radius 2 is 1.83 bits per heavy atom. The van der Waals surface area contributed by atoms with E-state index in [0.29, 0.717) is 11.5 Å². The molecule has 3 heteroatoms. The van der Waals surface area contributed by atoms with Crippen LogP contribution in [0.5, 0.6) is 5.75 Å². The number of benzene rings is 2. The van der Waals surface area contributed by atoms with Gasteiger partial charge in [-0.25, -0.2) is 0 Å². The quantitative estimate of drug-likeness (QED) is 0.498. The van der Waals surface area contributed by atoms with E-state index in [1.807, 2.05) is 7.11 Å². The molecule has 0 radical (unpaired) electrons. The second kappa shape index (κ2) is 9.17. The number of nitrogens with zero attached hydrogens (tertiary/aromatic N) is 2. The van der Waals surface area contributed by atoms with Crippen LogP contribution in [-0.2, 0) is 19.4 Å². The molecule has 0 N–H and O–H groups in total. The van der Waals surface area contributed by atoms with Crippen LogP contribution in [0.2, 0.25) is 0 Å². The van der Waals surface area contributed by atoms with Gasteiger partial charge < -0.3 is 4.74 Å². The summed E-state index contributed by atoms with van der Waals surface area (Å²) in [4.78, 5) is 5.87. The maximum absolute atomic E-state index is 5.85. The molecule has 2 aliphatic heterocycles. The van der Waals surface area contributed by atoms with E-state index in [4.69, 9.17) is 4.74 Å². The van der Waals surface area contributed by atoms with Crippen LogP contribution < -0.4 is 4.74 Å². The van der Waals surface area contributed by atoms with Gasteiger partial charge in [0.1, 0.15) is 5.75 Å². The van der Waals surface area contributed by atoms with Crippen LogP contribution in [0.25, 0.3) is 0 Å². The average molecular weight is 485 g/mol. The number of likely N-dealkylation sites (tertiary alicyclic amines) is 2. The maximum Gasteiger partial charge on any atom is 0.122 e. The minimum atomic E-state index is 0.513. The van der Waals surface area contributed by atoms with Gasteiger partial charge in [0.05, 0.1) is 7.11 Å². The first kappa shape index (κ1) is 23.3. The fraction of sp³-hybridized carbons (Fsp3) is 0.636. The van der Waals surface area contributed by atoms with Crippen LogP contribution in [0.15, 0.2) is 42.5 Å². The highest BCUT2D eigenvalue weighted by Gasteiger charge is 2.54. The molecule has 2 saturated heterocycles. The number of fused-ring (bicyclic) bond motifs is 1. The molecule has 4 bridgehead atoms. The molecule has 3 nitrogen and oxygen atoms in total. The molecule has 5 aliphatic rings. The summed E-state index contributed by atoms with van der Waals surface area (Å²) in [7, 11) is 1.85. The van der Waals surface area contributed by atoms with Gasteiger partial charge in [-0.1, -0.05) is 36.4 Å². The lowest BCUT2D eigenvalue weighted by Crippen LogP contribution is -2.55. The van der Waals surface area contributed by atoms with Crippen molar-refractivity contribution in [3.63, 3.8) is 0 Å². The Bertz CT molecular complexity index is 1090. The van der Waals surface area contributed by atoms with Gasteiger partial charge in [-0.05, 0) is 123 Å². The molecule has 7 rings (SSSR count). The van der Waals surface area contributed by atoms with Crippen LogP contribution in [0.4, 0.5) is 0 Å². The summed E-state index contributed by atoms with van der Waals surface area (Å²) in [5.74, 6) is 3.65. The fourth-order valence-corrected chi connectivity index (χ4v) is 9.13. The van der Waals surface area contributed by atoms with Crippen molar-refractivity contribution in [3.05, 3.63) is 64.7 Å². The third-order valence-electron chi connectivity index (χ3n) is 11.0. The second-order valence-electron chi connectivity index (χ2n) is 13.0. The maximum atomic E-state index is 5.85. The Morgan fingerprint density at radius 1 is 0.972 bits per heavy atom. The van der Waals surface area contributed by atoms with E-state index >= 15 is 0 Å². The highest BCUT2D eigenvalue weighted by atomic mass is 16.5. The van der Waals surface area contributed by atoms with Crippen molar-refractivity contribution in [1.82, 2.24) is 9.80 Å². The van der Waals surface area contributed by atoms with Crippen molar-refractivity contribution in [2.45, 2.75) is 83.3 Å². The molecule has 2 aromatic rings. The topological polar surface area (TPSA) is 15.7 Å². The van der Waals surface area contributed by atoms with Crippen molar-refractivity contribution < 1.29 is 4.74 Å². The third-order valence-corrected chi connectivity index (χ3v) is 11.0. The Labute approximate surface area is 218 Å². The van der Waals surface area contributed by atoms with Crippen LogP contribution in [0.3, 0.4) is 0 Å². The zero-order chi connectivity index (χ0) is 24.3. The zero-order valence-electron chi connectivity index (χ0n) is 22.4. The van der Waals surface area contributed by atoms with Gasteiger partial charge in [0.2, 0.25) is 0 Å². The number of piperidine rings is 1. The SMILES string of the molecule is COc1ccc2c(c1C)CC1C3CCC4(CCCN(CC5CC5)C4C2)C[C@@H]1CN3Cc1ccccc1. The van der Waals surface area contributed by atoms with Crippen molar-refractivity contribution in [2.75, 3.05) is 26.7 Å². The van der Waals surface area contributed by atoms with Crippen LogP contribution in [-0.4, -0.2) is 48.6 Å². The first-order chi connectivity index (χ1) is 17.6. The zero-order valence-corrected chi connectivity index (χ0v) is 22.4. The van der Waals surface area contributed by atoms with E-state index in [9.17, 15) is 0 Å². The largest absolute Gasteiger partial charge is 0.496 e. The van der Waals surface area contributed by atoms with E-state index in [1.165, 1.54) is 88.5 Å². The highest BCUT2D eigenvalue weighted by molar-refractivity contribution is 5.46. The molecule has 0 aromatic heterocycles. The first-order valence-electron chi connectivity index (χ1n) is 14.8. The van der Waals surface area contributed by atoms with Crippen LogP contribution >= 0.6 is 0 Å². The fourth-order valence-electron chi connectivity index (χ4n) is 9.13. The molecule has 2 heterocycles. The Hall–Kier alpha value is -1.84. The molecule has 4 unspecified atom stereocenters. The van der Waals surface area contributed by atoms with Gasteiger partial charge in [0.15, 0.2) is 0 Å². The highest BCUT2D eigenvalue weighted by Crippen LogP contribution is 2.56. The van der Waals surface area contributed by atoms with Gasteiger partial charge in [-0.15, -0.1) is 0 Å². The normalized spacial score (nSPS) is 34.3. The molecule has 36 heavy (non-hydrogen) atoms. The monoisotopic (exact) mass is 484 g/mol. The van der Waals surface area contributed by atoms with Crippen molar-refractivity contribution in [1.29, 1.82) is 0 Å². The number of rotatable bonds is 5. The van der Waals surface area contributed by atoms with Gasteiger partial charge in [-0.3, -0.25) is 9.80 Å². The minimum Gasteiger partial charge on any atom is -0.496 e. The van der Waals surface area contributed by atoms with Gasteiger partial charge in [0, 0.05) is 31.7 Å². The molecule has 3 aliphatic carbocycles. The van der Waals surface area contributed by atoms with Crippen LogP contribution in [0, 0.1) is 30.1 Å². The number of hydrogen-bond donors (Lipinski definition) is 0. The van der Waals surface area contributed by atoms with E-state index in [-0.39, 0.29) is 0 Å². The summed E-state index contributed by atoms with van der Waals surface area (Å²) < 4.78 is 5.85. The van der Waals surface area contributed by atoms with Crippen LogP contribution in [0.1, 0.15) is 67.2 Å². The first-order valence-corrected chi connectivity index (χ1v) is 14.8. The average Bonchev–Trinajstić information content (AvgIpc) is 3.65. The Morgan fingerprint density at radius 3 is 2.64 bits per heavy atom. The van der Waals surface area contributed by atoms with Gasteiger partial charge in [0.25, 0.3) is 0 Å². The standard InChI is InChI=1S/C33H44N2O/c1-23-28-18-29-27-19-33(15-13-30(29)35(22-27)21-24-7-4-3-5-8-24)14-6-16-34(20-25-9-10-25)32(33)17-26(28)11-12-31(23)36-2/h3-5,7-8,11-12,25,27,29-30,32H,6,9-10,13-22H2,1-2H3/t27-,29?,30?,32?,33?/m1/s1.